The highest BCUT2D eigenvalue weighted by Crippen LogP contribution is 2.56. The summed E-state index contributed by atoms with van der Waals surface area (Å²) in [5.74, 6) is 0.250. The van der Waals surface area contributed by atoms with Gasteiger partial charge in [-0.2, -0.15) is 0 Å². The van der Waals surface area contributed by atoms with E-state index in [1.165, 1.54) is 0 Å². The fourth-order valence-corrected chi connectivity index (χ4v) is 6.74. The molecule has 1 saturated carbocycles. The van der Waals surface area contributed by atoms with Crippen molar-refractivity contribution in [2.45, 2.75) is 90.0 Å². The number of hydrogen-bond donors (Lipinski definition) is 2. The van der Waals surface area contributed by atoms with Crippen LogP contribution in [0.25, 0.3) is 0 Å². The number of fused-ring (bicyclic) bond motifs is 2. The summed E-state index contributed by atoms with van der Waals surface area (Å²) in [5.41, 5.74) is 0.151. The fourth-order valence-electron chi connectivity index (χ4n) is 6.74. The Morgan fingerprint density at radius 2 is 2.03 bits per heavy atom. The number of likely N-dealkylation sites (tertiary alicyclic amines) is 1. The van der Waals surface area contributed by atoms with Crippen molar-refractivity contribution in [2.75, 3.05) is 19.9 Å². The van der Waals surface area contributed by atoms with Gasteiger partial charge in [-0.3, -0.25) is 9.69 Å². The van der Waals surface area contributed by atoms with Crippen LogP contribution >= 0.6 is 0 Å². The van der Waals surface area contributed by atoms with Crippen LogP contribution in [0.5, 0.6) is 0 Å². The van der Waals surface area contributed by atoms with Gasteiger partial charge in [0.05, 0.1) is 11.5 Å². The monoisotopic (exact) mass is 462 g/mol. The number of nitrogens with one attached hydrogen (secondary N) is 1. The third kappa shape index (κ3) is 4.30. The number of hydrogen-bond acceptors (Lipinski definition) is 5. The van der Waals surface area contributed by atoms with Gasteiger partial charge in [-0.05, 0) is 55.8 Å². The first-order valence-electron chi connectivity index (χ1n) is 12.7. The van der Waals surface area contributed by atoms with Crippen LogP contribution in [0.4, 0.5) is 4.39 Å². The molecule has 6 unspecified atom stereocenters. The predicted molar refractivity (Wildman–Crippen MR) is 123 cm³/mol. The lowest BCUT2D eigenvalue weighted by atomic mass is 9.78. The highest BCUT2D eigenvalue weighted by atomic mass is 19.1. The van der Waals surface area contributed by atoms with E-state index < -0.39 is 5.41 Å². The molecule has 6 atom stereocenters. The minimum atomic E-state index is -0.436. The van der Waals surface area contributed by atoms with Crippen LogP contribution in [0.1, 0.15) is 65.7 Å². The summed E-state index contributed by atoms with van der Waals surface area (Å²) in [6.45, 7) is 7.99. The van der Waals surface area contributed by atoms with Gasteiger partial charge in [0.2, 0.25) is 5.91 Å². The maximum Gasteiger partial charge on any atom is 0.231 e. The molecule has 7 heteroatoms. The molecule has 2 heterocycles. The Balaban J connectivity index is 1.28. The first-order chi connectivity index (χ1) is 15.7. The third-order valence-corrected chi connectivity index (χ3v) is 8.80. The van der Waals surface area contributed by atoms with E-state index in [0.29, 0.717) is 43.7 Å². The van der Waals surface area contributed by atoms with Gasteiger partial charge < -0.3 is 19.9 Å². The quantitative estimate of drug-likeness (QED) is 0.590. The topological polar surface area (TPSA) is 71.0 Å². The molecule has 5 aliphatic rings. The number of carbonyl (C=O) groups is 1. The van der Waals surface area contributed by atoms with E-state index in [2.05, 4.69) is 37.1 Å². The van der Waals surface area contributed by atoms with Crippen LogP contribution in [0.3, 0.4) is 0 Å². The number of amides is 1. The number of allylic oxidation sites excluding steroid dienone is 2. The van der Waals surface area contributed by atoms with Crippen LogP contribution in [-0.2, 0) is 14.3 Å². The molecule has 2 aliphatic heterocycles. The normalized spacial score (nSPS) is 37.7. The first-order valence-corrected chi connectivity index (χ1v) is 12.7. The second-order valence-electron chi connectivity index (χ2n) is 11.8. The molecule has 0 bridgehead atoms. The summed E-state index contributed by atoms with van der Waals surface area (Å²) >= 11 is 0. The zero-order chi connectivity index (χ0) is 23.4. The van der Waals surface area contributed by atoms with Crippen LogP contribution in [0, 0.1) is 22.7 Å². The van der Waals surface area contributed by atoms with Crippen LogP contribution < -0.4 is 5.32 Å². The summed E-state index contributed by atoms with van der Waals surface area (Å²) < 4.78 is 26.6. The summed E-state index contributed by atoms with van der Waals surface area (Å²) in [6.07, 6.45) is 9.30. The third-order valence-electron chi connectivity index (χ3n) is 8.80. The molecular weight excluding hydrogens is 423 g/mol. The molecule has 0 aromatic carbocycles. The number of ether oxygens (including phenoxy) is 2. The van der Waals surface area contributed by atoms with Crippen molar-refractivity contribution in [1.29, 1.82) is 0 Å². The number of carbonyl (C=O) groups excluding carboxylic acids is 1. The minimum Gasteiger partial charge on any atom is -0.396 e. The zero-order valence-electron chi connectivity index (χ0n) is 20.2. The number of aliphatic hydroxyl groups is 1. The van der Waals surface area contributed by atoms with Crippen LogP contribution in [0.15, 0.2) is 23.7 Å². The summed E-state index contributed by atoms with van der Waals surface area (Å²) in [6, 6.07) is 0.500. The lowest BCUT2D eigenvalue weighted by Crippen LogP contribution is -2.46. The summed E-state index contributed by atoms with van der Waals surface area (Å²) in [7, 11) is 0. The van der Waals surface area contributed by atoms with E-state index in [0.717, 1.165) is 32.2 Å². The van der Waals surface area contributed by atoms with E-state index in [1.807, 2.05) is 6.08 Å². The Morgan fingerprint density at radius 3 is 2.73 bits per heavy atom. The smallest absolute Gasteiger partial charge is 0.231 e. The summed E-state index contributed by atoms with van der Waals surface area (Å²) in [5, 5.41) is 12.4. The number of rotatable bonds is 6. The lowest BCUT2D eigenvalue weighted by molar-refractivity contribution is -0.127. The Bertz CT molecular complexity index is 831. The molecule has 33 heavy (non-hydrogen) atoms. The molecule has 0 spiro atoms. The minimum absolute atomic E-state index is 0.00227. The van der Waals surface area contributed by atoms with Gasteiger partial charge >= 0.3 is 0 Å². The molecule has 5 rings (SSSR count). The fraction of sp³-hybridized carbons (Fsp3) is 0.808. The standard InChI is InChI=1S/C26H39FN2O4/c1-25(2,3)23-12-16-11-19(18(27)14-20(16)29(23)9-4-10-30)28-24(31)26(7-8-26)17-5-6-21-22(13-17)33-15-32-21/h5-6,16-17,20-23,30H,4,7-15H2,1-3H3,(H,28,31). The highest BCUT2D eigenvalue weighted by Gasteiger charge is 2.57. The van der Waals surface area contributed by atoms with Crippen molar-refractivity contribution in [3.63, 3.8) is 0 Å². The van der Waals surface area contributed by atoms with Gasteiger partial charge in [0.15, 0.2) is 0 Å². The van der Waals surface area contributed by atoms with Crippen LogP contribution in [-0.4, -0.2) is 60.1 Å². The van der Waals surface area contributed by atoms with E-state index in [1.54, 1.807) is 0 Å². The maximum atomic E-state index is 15.3. The number of aliphatic hydroxyl groups excluding tert-OH is 1. The highest BCUT2D eigenvalue weighted by molar-refractivity contribution is 5.87. The molecular formula is C26H39FN2O4. The molecule has 6 nitrogen and oxygen atoms in total. The van der Waals surface area contributed by atoms with Crippen molar-refractivity contribution in [3.8, 4) is 0 Å². The van der Waals surface area contributed by atoms with Gasteiger partial charge in [0.1, 0.15) is 18.7 Å². The van der Waals surface area contributed by atoms with Crippen molar-refractivity contribution in [1.82, 2.24) is 10.2 Å². The molecule has 1 amide bonds. The average Bonchev–Trinajstić information content (AvgIpc) is 3.31. The molecule has 3 fully saturated rings. The Kier molecular flexibility index (Phi) is 6.21. The van der Waals surface area contributed by atoms with E-state index in [4.69, 9.17) is 9.47 Å². The van der Waals surface area contributed by atoms with Gasteiger partial charge in [-0.25, -0.2) is 4.39 Å². The predicted octanol–water partition coefficient (Wildman–Crippen LogP) is 3.66. The van der Waals surface area contributed by atoms with Crippen molar-refractivity contribution >= 4 is 5.91 Å². The molecule has 0 radical (unpaired) electrons. The molecule has 184 valence electrons. The van der Waals surface area contributed by atoms with Gasteiger partial charge in [-0.1, -0.05) is 32.9 Å². The molecule has 2 N–H and O–H groups in total. The van der Waals surface area contributed by atoms with E-state index in [9.17, 15) is 9.90 Å². The number of nitrogens with zero attached hydrogens (tertiary/aromatic N) is 1. The van der Waals surface area contributed by atoms with Crippen molar-refractivity contribution in [3.05, 3.63) is 23.7 Å². The van der Waals surface area contributed by atoms with Gasteiger partial charge in [-0.15, -0.1) is 0 Å². The molecule has 0 aromatic heterocycles. The van der Waals surface area contributed by atoms with Gasteiger partial charge in [0, 0.05) is 37.4 Å². The first kappa shape index (κ1) is 23.5. The summed E-state index contributed by atoms with van der Waals surface area (Å²) in [4.78, 5) is 15.8. The average molecular weight is 463 g/mol. The molecule has 0 aromatic rings. The molecule has 3 aliphatic carbocycles. The van der Waals surface area contributed by atoms with E-state index in [-0.39, 0.29) is 47.9 Å². The Morgan fingerprint density at radius 1 is 1.24 bits per heavy atom. The van der Waals surface area contributed by atoms with Crippen molar-refractivity contribution < 1.29 is 23.8 Å². The maximum absolute atomic E-state index is 15.3. The lowest BCUT2D eigenvalue weighted by Gasteiger charge is -2.39. The Hall–Kier alpha value is -1.28. The van der Waals surface area contributed by atoms with Crippen LogP contribution in [0.2, 0.25) is 0 Å². The zero-order valence-corrected chi connectivity index (χ0v) is 20.2. The van der Waals surface area contributed by atoms with Gasteiger partial charge in [0.25, 0.3) is 0 Å². The largest absolute Gasteiger partial charge is 0.396 e. The number of halogens is 1. The SMILES string of the molecule is CC(C)(C)C1CC2CC(NC(=O)C3(C4C=CC5OCOC5C4)CC3)=C(F)CC2N1CCCO. The van der Waals surface area contributed by atoms with Crippen molar-refractivity contribution in [2.24, 2.45) is 22.7 Å². The molecule has 2 saturated heterocycles. The Labute approximate surface area is 196 Å². The van der Waals surface area contributed by atoms with E-state index >= 15 is 4.39 Å². The second-order valence-corrected chi connectivity index (χ2v) is 11.8. The second kappa shape index (κ2) is 8.74.